The molecule has 1 aliphatic rings. The molecule has 3 nitrogen and oxygen atoms in total. The number of aliphatic hydroxyl groups is 1. The van der Waals surface area contributed by atoms with Gasteiger partial charge in [-0.15, -0.1) is 0 Å². The standard InChI is InChI=1S/C17H17IO3/c1-12-2-6-14(7-3-12)17(20-10-11-21-17)16(19)13-4-8-15(18)9-5-13/h2-9,16,19H,10-11H2,1H3. The summed E-state index contributed by atoms with van der Waals surface area (Å²) >= 11 is 2.24. The van der Waals surface area contributed by atoms with Crippen LogP contribution in [0.1, 0.15) is 22.8 Å². The van der Waals surface area contributed by atoms with Crippen LogP contribution in [0.2, 0.25) is 0 Å². The van der Waals surface area contributed by atoms with E-state index in [-0.39, 0.29) is 0 Å². The third-order valence-corrected chi connectivity index (χ3v) is 4.44. The SMILES string of the molecule is Cc1ccc(C2(C(O)c3ccc(I)cc3)OCCO2)cc1. The predicted octanol–water partition coefficient (Wildman–Crippen LogP) is 3.53. The highest BCUT2D eigenvalue weighted by atomic mass is 127. The Morgan fingerprint density at radius 2 is 1.57 bits per heavy atom. The van der Waals surface area contributed by atoms with E-state index in [9.17, 15) is 5.11 Å². The second kappa shape index (κ2) is 6.04. The topological polar surface area (TPSA) is 38.7 Å². The van der Waals surface area contributed by atoms with Gasteiger partial charge in [-0.25, -0.2) is 0 Å². The molecule has 0 aliphatic carbocycles. The van der Waals surface area contributed by atoms with Gasteiger partial charge in [-0.3, -0.25) is 0 Å². The molecule has 3 rings (SSSR count). The number of benzene rings is 2. The lowest BCUT2D eigenvalue weighted by atomic mass is 9.94. The van der Waals surface area contributed by atoms with Gasteiger partial charge in [0.05, 0.1) is 13.2 Å². The monoisotopic (exact) mass is 396 g/mol. The lowest BCUT2D eigenvalue weighted by Crippen LogP contribution is -2.35. The van der Waals surface area contributed by atoms with Gasteiger partial charge >= 0.3 is 0 Å². The molecule has 0 spiro atoms. The summed E-state index contributed by atoms with van der Waals surface area (Å²) in [5, 5.41) is 10.8. The Bertz CT molecular complexity index is 601. The van der Waals surface area contributed by atoms with E-state index in [2.05, 4.69) is 22.6 Å². The summed E-state index contributed by atoms with van der Waals surface area (Å²) in [4.78, 5) is 0. The number of rotatable bonds is 3. The molecule has 0 amide bonds. The Labute approximate surface area is 138 Å². The van der Waals surface area contributed by atoms with Crippen LogP contribution >= 0.6 is 22.6 Å². The lowest BCUT2D eigenvalue weighted by Gasteiger charge is -2.33. The highest BCUT2D eigenvalue weighted by molar-refractivity contribution is 14.1. The Morgan fingerprint density at radius 3 is 2.14 bits per heavy atom. The van der Waals surface area contributed by atoms with Gasteiger partial charge in [0.15, 0.2) is 0 Å². The molecule has 1 saturated heterocycles. The van der Waals surface area contributed by atoms with E-state index in [0.717, 1.165) is 20.3 Å². The molecule has 110 valence electrons. The van der Waals surface area contributed by atoms with E-state index in [1.807, 2.05) is 55.5 Å². The lowest BCUT2D eigenvalue weighted by molar-refractivity contribution is -0.232. The van der Waals surface area contributed by atoms with Crippen molar-refractivity contribution in [3.05, 3.63) is 68.8 Å². The van der Waals surface area contributed by atoms with Gasteiger partial charge in [0.2, 0.25) is 5.79 Å². The van der Waals surface area contributed by atoms with Crippen LogP contribution < -0.4 is 0 Å². The number of hydrogen-bond acceptors (Lipinski definition) is 3. The summed E-state index contributed by atoms with van der Waals surface area (Å²) in [5.41, 5.74) is 2.80. The molecule has 0 radical (unpaired) electrons. The minimum atomic E-state index is -1.11. The molecule has 0 bridgehead atoms. The van der Waals surface area contributed by atoms with Crippen LogP contribution in [0, 0.1) is 10.5 Å². The van der Waals surface area contributed by atoms with Gasteiger partial charge in [0.1, 0.15) is 6.10 Å². The molecule has 4 heteroatoms. The molecule has 1 heterocycles. The number of aryl methyl sites for hydroxylation is 1. The zero-order valence-corrected chi connectivity index (χ0v) is 13.9. The van der Waals surface area contributed by atoms with Crippen molar-refractivity contribution in [2.24, 2.45) is 0 Å². The predicted molar refractivity (Wildman–Crippen MR) is 88.9 cm³/mol. The van der Waals surface area contributed by atoms with Crippen LogP contribution in [0.3, 0.4) is 0 Å². The van der Waals surface area contributed by atoms with E-state index in [0.29, 0.717) is 13.2 Å². The zero-order chi connectivity index (χ0) is 14.9. The third kappa shape index (κ3) is 2.85. The van der Waals surface area contributed by atoms with Crippen LogP contribution in [0.25, 0.3) is 0 Å². The molecule has 1 aliphatic heterocycles. The van der Waals surface area contributed by atoms with E-state index in [1.54, 1.807) is 0 Å². The van der Waals surface area contributed by atoms with Crippen molar-refractivity contribution in [2.45, 2.75) is 18.8 Å². The fourth-order valence-corrected chi connectivity index (χ4v) is 2.92. The fourth-order valence-electron chi connectivity index (χ4n) is 2.56. The quantitative estimate of drug-likeness (QED) is 0.807. The summed E-state index contributed by atoms with van der Waals surface area (Å²) in [6, 6.07) is 15.7. The average molecular weight is 396 g/mol. The third-order valence-electron chi connectivity index (χ3n) is 3.72. The molecular weight excluding hydrogens is 379 g/mol. The molecule has 2 aromatic rings. The van der Waals surface area contributed by atoms with E-state index in [1.165, 1.54) is 0 Å². The van der Waals surface area contributed by atoms with Crippen molar-refractivity contribution in [3.63, 3.8) is 0 Å². The average Bonchev–Trinajstić information content (AvgIpc) is 2.99. The highest BCUT2D eigenvalue weighted by Crippen LogP contribution is 2.42. The Balaban J connectivity index is 2.00. The van der Waals surface area contributed by atoms with E-state index < -0.39 is 11.9 Å². The first-order chi connectivity index (χ1) is 10.1. The van der Waals surface area contributed by atoms with Gasteiger partial charge in [0.25, 0.3) is 0 Å². The first-order valence-electron chi connectivity index (χ1n) is 6.90. The molecule has 0 saturated carbocycles. The molecule has 1 atom stereocenters. The molecule has 21 heavy (non-hydrogen) atoms. The summed E-state index contributed by atoms with van der Waals surface area (Å²) in [6.45, 7) is 2.99. The maximum atomic E-state index is 10.8. The first kappa shape index (κ1) is 15.0. The second-order valence-electron chi connectivity index (χ2n) is 5.18. The summed E-state index contributed by atoms with van der Waals surface area (Å²) in [5.74, 6) is -1.11. The second-order valence-corrected chi connectivity index (χ2v) is 6.43. The normalized spacial score (nSPS) is 18.6. The van der Waals surface area contributed by atoms with Gasteiger partial charge in [0, 0.05) is 9.13 Å². The number of halogens is 1. The van der Waals surface area contributed by atoms with E-state index in [4.69, 9.17) is 9.47 Å². The maximum Gasteiger partial charge on any atom is 0.226 e. The first-order valence-corrected chi connectivity index (χ1v) is 7.98. The molecule has 1 fully saturated rings. The van der Waals surface area contributed by atoms with Crippen molar-refractivity contribution in [1.82, 2.24) is 0 Å². The molecule has 2 aromatic carbocycles. The highest BCUT2D eigenvalue weighted by Gasteiger charge is 2.46. The van der Waals surface area contributed by atoms with Crippen LogP contribution in [0.15, 0.2) is 48.5 Å². The largest absolute Gasteiger partial charge is 0.382 e. The van der Waals surface area contributed by atoms with Crippen molar-refractivity contribution >= 4 is 22.6 Å². The van der Waals surface area contributed by atoms with Crippen molar-refractivity contribution in [1.29, 1.82) is 0 Å². The zero-order valence-electron chi connectivity index (χ0n) is 11.8. The fraction of sp³-hybridized carbons (Fsp3) is 0.294. The summed E-state index contributed by atoms with van der Waals surface area (Å²) in [6.07, 6.45) is -0.861. The summed E-state index contributed by atoms with van der Waals surface area (Å²) in [7, 11) is 0. The van der Waals surface area contributed by atoms with E-state index >= 15 is 0 Å². The molecule has 0 aromatic heterocycles. The number of hydrogen-bond donors (Lipinski definition) is 1. The van der Waals surface area contributed by atoms with Gasteiger partial charge in [-0.05, 0) is 47.2 Å². The molecule has 1 unspecified atom stereocenters. The Kier molecular flexibility index (Phi) is 4.31. The van der Waals surface area contributed by atoms with Gasteiger partial charge in [-0.1, -0.05) is 42.0 Å². The van der Waals surface area contributed by atoms with Gasteiger partial charge < -0.3 is 14.6 Å². The van der Waals surface area contributed by atoms with Crippen LogP contribution in [-0.2, 0) is 15.3 Å². The number of aliphatic hydroxyl groups excluding tert-OH is 1. The van der Waals surface area contributed by atoms with Crippen molar-refractivity contribution in [3.8, 4) is 0 Å². The minimum absolute atomic E-state index is 0.481. The molecule has 1 N–H and O–H groups in total. The summed E-state index contributed by atoms with van der Waals surface area (Å²) < 4.78 is 12.8. The minimum Gasteiger partial charge on any atom is -0.382 e. The van der Waals surface area contributed by atoms with Crippen molar-refractivity contribution < 1.29 is 14.6 Å². The van der Waals surface area contributed by atoms with Crippen molar-refractivity contribution in [2.75, 3.05) is 13.2 Å². The van der Waals surface area contributed by atoms with Crippen LogP contribution in [0.4, 0.5) is 0 Å². The smallest absolute Gasteiger partial charge is 0.226 e. The maximum absolute atomic E-state index is 10.8. The Hall–Kier alpha value is -0.950. The van der Waals surface area contributed by atoms with Crippen LogP contribution in [0.5, 0.6) is 0 Å². The molecular formula is C17H17IO3. The number of ether oxygens (including phenoxy) is 2. The Morgan fingerprint density at radius 1 is 1.00 bits per heavy atom. The van der Waals surface area contributed by atoms with Crippen LogP contribution in [-0.4, -0.2) is 18.3 Å². The van der Waals surface area contributed by atoms with Gasteiger partial charge in [-0.2, -0.15) is 0 Å².